The summed E-state index contributed by atoms with van der Waals surface area (Å²) in [5, 5.41) is 78.3. The molecule has 0 fully saturated rings. The van der Waals surface area contributed by atoms with Gasteiger partial charge in [0.1, 0.15) is 36.6 Å². The van der Waals surface area contributed by atoms with Gasteiger partial charge < -0.3 is 65.3 Å². The zero-order valence-electron chi connectivity index (χ0n) is 16.8. The summed E-state index contributed by atoms with van der Waals surface area (Å²) < 4.78 is 29.1. The van der Waals surface area contributed by atoms with Crippen LogP contribution in [-0.2, 0) is 18.2 Å². The molecule has 0 saturated heterocycles. The van der Waals surface area contributed by atoms with Crippen molar-refractivity contribution < 1.29 is 78.6 Å². The van der Waals surface area contributed by atoms with Crippen LogP contribution in [-0.4, -0.2) is 148 Å². The van der Waals surface area contributed by atoms with Gasteiger partial charge in [-0.3, -0.25) is 9.05 Å². The lowest BCUT2D eigenvalue weighted by molar-refractivity contribution is -0.127. The molecule has 0 unspecified atom stereocenters. The van der Waals surface area contributed by atoms with Crippen LogP contribution in [0.4, 0.5) is 0 Å². The van der Waals surface area contributed by atoms with Gasteiger partial charge in [0.25, 0.3) is 0 Å². The van der Waals surface area contributed by atoms with E-state index in [4.69, 9.17) is 19.6 Å². The molecule has 194 valence electrons. The van der Waals surface area contributed by atoms with E-state index in [1.165, 1.54) is 7.05 Å². The number of rotatable bonds is 16. The van der Waals surface area contributed by atoms with Gasteiger partial charge in [0.15, 0.2) is 0 Å². The van der Waals surface area contributed by atoms with Crippen molar-refractivity contribution in [1.82, 2.24) is 4.90 Å². The summed E-state index contributed by atoms with van der Waals surface area (Å²) in [6, 6.07) is 0. The third kappa shape index (κ3) is 12.9. The van der Waals surface area contributed by atoms with Crippen molar-refractivity contribution >= 4 is 15.6 Å². The summed E-state index contributed by atoms with van der Waals surface area (Å²) in [7, 11) is -8.63. The first-order valence-electron chi connectivity index (χ1n) is 8.89. The molecule has 0 aliphatic heterocycles. The highest BCUT2D eigenvalue weighted by atomic mass is 31.2. The standard InChI is InChI=1S/C13H31NO16P2/c1-14(2-6(15)10(19)12(21)8(17)4-29-31(23,24)25)3-7(16)11(20)13(22)9(18)5-30-32(26,27)28/h6-13,15-22H,2-5H2,1H3,(H2,23,24,25)(H2,26,27,28)/t6-,7-,8+,9+,10+,11+,12+,13+/m0/s1. The van der Waals surface area contributed by atoms with Crippen molar-refractivity contribution in [2.45, 2.75) is 48.8 Å². The molecule has 0 radical (unpaired) electrons. The zero-order valence-corrected chi connectivity index (χ0v) is 18.6. The normalized spacial score (nSPS) is 20.9. The van der Waals surface area contributed by atoms with Crippen LogP contribution in [0.3, 0.4) is 0 Å². The first kappa shape index (κ1) is 31.9. The molecule has 0 amide bonds. The lowest BCUT2D eigenvalue weighted by Crippen LogP contribution is -2.52. The number of nitrogens with zero attached hydrogens (tertiary/aromatic N) is 1. The minimum Gasteiger partial charge on any atom is -0.389 e. The van der Waals surface area contributed by atoms with Crippen LogP contribution in [0.1, 0.15) is 0 Å². The van der Waals surface area contributed by atoms with Crippen molar-refractivity contribution in [3.8, 4) is 0 Å². The Bertz CT molecular complexity index is 577. The summed E-state index contributed by atoms with van der Waals surface area (Å²) in [4.78, 5) is 35.3. The van der Waals surface area contributed by atoms with E-state index in [0.29, 0.717) is 0 Å². The second-order valence-corrected chi connectivity index (χ2v) is 9.50. The van der Waals surface area contributed by atoms with Crippen molar-refractivity contribution in [2.75, 3.05) is 33.4 Å². The van der Waals surface area contributed by atoms with Crippen LogP contribution in [0.5, 0.6) is 0 Å². The molecule has 19 heteroatoms. The Morgan fingerprint density at radius 3 is 1.09 bits per heavy atom. The molecule has 0 aliphatic carbocycles. The Labute approximate surface area is 182 Å². The second-order valence-electron chi connectivity index (χ2n) is 7.03. The Hall–Kier alpha value is -0.140. The molecule has 0 heterocycles. The van der Waals surface area contributed by atoms with Crippen LogP contribution in [0.2, 0.25) is 0 Å². The molecular formula is C13H31NO16P2. The number of hydrogen-bond acceptors (Lipinski definition) is 13. The fourth-order valence-corrected chi connectivity index (χ4v) is 3.08. The molecule has 0 spiro atoms. The van der Waals surface area contributed by atoms with E-state index >= 15 is 0 Å². The SMILES string of the molecule is CN(C[C@H](O)[C@@H](O)[C@H](O)[C@H](O)COP(=O)(O)O)C[C@H](O)[C@@H](O)[C@H](O)[C@H](O)COP(=O)(O)O. The lowest BCUT2D eigenvalue weighted by Gasteiger charge is -2.32. The monoisotopic (exact) mass is 519 g/mol. The van der Waals surface area contributed by atoms with Gasteiger partial charge >= 0.3 is 15.6 Å². The van der Waals surface area contributed by atoms with Gasteiger partial charge in [0.05, 0.1) is 25.4 Å². The molecule has 32 heavy (non-hydrogen) atoms. The summed E-state index contributed by atoms with van der Waals surface area (Å²) in [5.74, 6) is 0. The highest BCUT2D eigenvalue weighted by Gasteiger charge is 2.35. The first-order chi connectivity index (χ1) is 14.4. The Morgan fingerprint density at radius 2 is 0.844 bits per heavy atom. The average molecular weight is 519 g/mol. The summed E-state index contributed by atoms with van der Waals surface area (Å²) in [5.41, 5.74) is 0. The molecule has 0 aromatic carbocycles. The van der Waals surface area contributed by atoms with Gasteiger partial charge in [-0.1, -0.05) is 0 Å². The number of phosphoric acid groups is 2. The maximum atomic E-state index is 10.6. The maximum absolute atomic E-state index is 10.6. The molecule has 0 aliphatic rings. The van der Waals surface area contributed by atoms with Crippen molar-refractivity contribution in [1.29, 1.82) is 0 Å². The minimum absolute atomic E-state index is 0.478. The predicted octanol–water partition coefficient (Wildman–Crippen LogP) is -5.98. The second kappa shape index (κ2) is 13.7. The van der Waals surface area contributed by atoms with Crippen LogP contribution < -0.4 is 0 Å². The zero-order chi connectivity index (χ0) is 25.4. The van der Waals surface area contributed by atoms with Crippen LogP contribution >= 0.6 is 15.6 Å². The van der Waals surface area contributed by atoms with Crippen molar-refractivity contribution in [2.24, 2.45) is 0 Å². The molecular weight excluding hydrogens is 488 g/mol. The summed E-state index contributed by atoms with van der Waals surface area (Å²) in [6.07, 6.45) is -15.7. The molecule has 0 bridgehead atoms. The van der Waals surface area contributed by atoms with E-state index in [1.807, 2.05) is 0 Å². The third-order valence-corrected chi connectivity index (χ3v) is 5.07. The Kier molecular flexibility index (Phi) is 13.6. The Morgan fingerprint density at radius 1 is 0.594 bits per heavy atom. The van der Waals surface area contributed by atoms with Gasteiger partial charge in [0, 0.05) is 13.1 Å². The van der Waals surface area contributed by atoms with Crippen LogP contribution in [0, 0.1) is 0 Å². The number of likely N-dealkylation sites (N-methyl/N-ethyl adjacent to an activating group) is 1. The largest absolute Gasteiger partial charge is 0.469 e. The molecule has 0 aromatic heterocycles. The summed E-state index contributed by atoms with van der Waals surface area (Å²) >= 11 is 0. The number of hydrogen-bond donors (Lipinski definition) is 12. The van der Waals surface area contributed by atoms with Crippen molar-refractivity contribution in [3.63, 3.8) is 0 Å². The van der Waals surface area contributed by atoms with Gasteiger partial charge in [-0.15, -0.1) is 0 Å². The molecule has 17 nitrogen and oxygen atoms in total. The van der Waals surface area contributed by atoms with E-state index in [9.17, 15) is 50.0 Å². The minimum atomic E-state index is -4.95. The topological polar surface area (TPSA) is 299 Å². The highest BCUT2D eigenvalue weighted by Crippen LogP contribution is 2.36. The predicted molar refractivity (Wildman–Crippen MR) is 102 cm³/mol. The smallest absolute Gasteiger partial charge is 0.389 e. The number of aliphatic hydroxyl groups is 8. The molecule has 0 saturated carbocycles. The number of phosphoric ester groups is 2. The van der Waals surface area contributed by atoms with Gasteiger partial charge in [-0.25, -0.2) is 9.13 Å². The maximum Gasteiger partial charge on any atom is 0.469 e. The third-order valence-electron chi connectivity index (χ3n) is 4.10. The lowest BCUT2D eigenvalue weighted by atomic mass is 10.0. The summed E-state index contributed by atoms with van der Waals surface area (Å²) in [6.45, 7) is -3.06. The highest BCUT2D eigenvalue weighted by molar-refractivity contribution is 7.46. The van der Waals surface area contributed by atoms with E-state index < -0.39 is 90.8 Å². The molecule has 12 N–H and O–H groups in total. The van der Waals surface area contributed by atoms with Crippen LogP contribution in [0.25, 0.3) is 0 Å². The fourth-order valence-electron chi connectivity index (χ4n) is 2.38. The quantitative estimate of drug-likeness (QED) is 0.0844. The average Bonchev–Trinajstić information content (AvgIpc) is 2.66. The van der Waals surface area contributed by atoms with Gasteiger partial charge in [-0.2, -0.15) is 0 Å². The Balaban J connectivity index is 4.66. The molecule has 8 atom stereocenters. The van der Waals surface area contributed by atoms with E-state index in [-0.39, 0.29) is 0 Å². The molecule has 0 aromatic rings. The number of aliphatic hydroxyl groups excluding tert-OH is 8. The van der Waals surface area contributed by atoms with E-state index in [2.05, 4.69) is 9.05 Å². The fraction of sp³-hybridized carbons (Fsp3) is 1.00. The van der Waals surface area contributed by atoms with E-state index in [0.717, 1.165) is 4.90 Å². The first-order valence-corrected chi connectivity index (χ1v) is 11.9. The van der Waals surface area contributed by atoms with Crippen LogP contribution in [0.15, 0.2) is 0 Å². The van der Waals surface area contributed by atoms with E-state index in [1.54, 1.807) is 0 Å². The van der Waals surface area contributed by atoms with Crippen molar-refractivity contribution in [3.05, 3.63) is 0 Å². The van der Waals surface area contributed by atoms with Gasteiger partial charge in [-0.05, 0) is 7.05 Å². The molecule has 0 rings (SSSR count). The van der Waals surface area contributed by atoms with Gasteiger partial charge in [0.2, 0.25) is 0 Å².